The molecule has 5 heteroatoms. The van der Waals surface area contributed by atoms with E-state index >= 15 is 0 Å². The second-order valence-electron chi connectivity index (χ2n) is 8.33. The first-order chi connectivity index (χ1) is 11.3. The molecule has 5 rings (SSSR count). The average molecular weight is 349 g/mol. The number of benzene rings is 1. The zero-order chi connectivity index (χ0) is 16.9. The minimum atomic E-state index is -0.499. The summed E-state index contributed by atoms with van der Waals surface area (Å²) in [5.41, 5.74) is 1.17. The van der Waals surface area contributed by atoms with Crippen LogP contribution in [-0.4, -0.2) is 28.7 Å². The summed E-state index contributed by atoms with van der Waals surface area (Å²) in [6, 6.07) is 5.50. The molecule has 4 aliphatic rings. The van der Waals surface area contributed by atoms with Crippen LogP contribution in [0.25, 0.3) is 0 Å². The first-order valence-electron chi connectivity index (χ1n) is 8.88. The zero-order valence-electron chi connectivity index (χ0n) is 14.1. The number of nitrogens with one attached hydrogen (secondary N) is 2. The number of hydrogen-bond acceptors (Lipinski definition) is 3. The number of hydrogen-bond donors (Lipinski definition) is 3. The molecule has 0 heterocycles. The van der Waals surface area contributed by atoms with Gasteiger partial charge in [-0.1, -0.05) is 11.6 Å². The van der Waals surface area contributed by atoms with Crippen LogP contribution < -0.4 is 10.6 Å². The Morgan fingerprint density at radius 1 is 1.29 bits per heavy atom. The number of anilines is 1. The number of amides is 1. The largest absolute Gasteiger partial charge is 0.390 e. The molecule has 4 bridgehead atoms. The molecule has 0 aromatic heterocycles. The van der Waals surface area contributed by atoms with Crippen LogP contribution in [0.4, 0.5) is 5.69 Å². The summed E-state index contributed by atoms with van der Waals surface area (Å²) in [5.74, 6) is 1.19. The predicted molar refractivity (Wildman–Crippen MR) is 95.2 cm³/mol. The lowest BCUT2D eigenvalue weighted by atomic mass is 9.51. The van der Waals surface area contributed by atoms with E-state index in [0.717, 1.165) is 43.4 Å². The lowest BCUT2D eigenvalue weighted by Crippen LogP contribution is -2.65. The number of aliphatic hydroxyl groups is 1. The van der Waals surface area contributed by atoms with Crippen molar-refractivity contribution in [3.63, 3.8) is 0 Å². The van der Waals surface area contributed by atoms with Crippen LogP contribution in [0.5, 0.6) is 0 Å². The second kappa shape index (κ2) is 5.72. The Balaban J connectivity index is 1.38. The second-order valence-corrected chi connectivity index (χ2v) is 8.74. The number of aryl methyl sites for hydroxylation is 1. The molecule has 4 aliphatic carbocycles. The van der Waals surface area contributed by atoms with E-state index < -0.39 is 5.60 Å². The van der Waals surface area contributed by atoms with Gasteiger partial charge in [-0.3, -0.25) is 4.79 Å². The third-order valence-corrected chi connectivity index (χ3v) is 6.52. The third kappa shape index (κ3) is 3.07. The summed E-state index contributed by atoms with van der Waals surface area (Å²) in [7, 11) is 0. The van der Waals surface area contributed by atoms with E-state index in [1.807, 2.05) is 19.1 Å². The van der Waals surface area contributed by atoms with Crippen LogP contribution in [0.1, 0.15) is 44.1 Å². The smallest absolute Gasteiger partial charge is 0.238 e. The maximum atomic E-state index is 12.3. The fraction of sp³-hybridized carbons (Fsp3) is 0.632. The molecule has 3 N–H and O–H groups in total. The van der Waals surface area contributed by atoms with Crippen molar-refractivity contribution in [1.82, 2.24) is 5.32 Å². The van der Waals surface area contributed by atoms with Crippen molar-refractivity contribution in [3.8, 4) is 0 Å². The Bertz CT molecular complexity index is 661. The molecule has 2 atom stereocenters. The van der Waals surface area contributed by atoms with Crippen molar-refractivity contribution >= 4 is 23.2 Å². The number of carbonyl (C=O) groups excluding carboxylic acids is 1. The summed E-state index contributed by atoms with van der Waals surface area (Å²) in [5, 5.41) is 17.9. The van der Waals surface area contributed by atoms with E-state index in [0.29, 0.717) is 16.9 Å². The molecular formula is C19H25ClN2O2. The number of halogens is 1. The first kappa shape index (κ1) is 16.4. The molecule has 4 saturated carbocycles. The Morgan fingerprint density at radius 3 is 2.62 bits per heavy atom. The van der Waals surface area contributed by atoms with E-state index in [2.05, 4.69) is 10.6 Å². The highest BCUT2D eigenvalue weighted by molar-refractivity contribution is 6.31. The summed E-state index contributed by atoms with van der Waals surface area (Å²) in [6.07, 6.45) is 6.13. The summed E-state index contributed by atoms with van der Waals surface area (Å²) in [6.45, 7) is 2.21. The Hall–Kier alpha value is -1.10. The third-order valence-electron chi connectivity index (χ3n) is 6.10. The Kier molecular flexibility index (Phi) is 3.90. The van der Waals surface area contributed by atoms with Gasteiger partial charge >= 0.3 is 0 Å². The Morgan fingerprint density at radius 2 is 2.00 bits per heavy atom. The summed E-state index contributed by atoms with van der Waals surface area (Å²) in [4.78, 5) is 12.3. The van der Waals surface area contributed by atoms with Crippen LogP contribution in [0.3, 0.4) is 0 Å². The molecule has 0 spiro atoms. The van der Waals surface area contributed by atoms with E-state index in [-0.39, 0.29) is 18.0 Å². The van der Waals surface area contributed by atoms with Gasteiger partial charge in [-0.2, -0.15) is 0 Å². The fourth-order valence-corrected chi connectivity index (χ4v) is 5.73. The number of rotatable bonds is 4. The van der Waals surface area contributed by atoms with Crippen molar-refractivity contribution in [2.24, 2.45) is 11.8 Å². The monoisotopic (exact) mass is 348 g/mol. The highest BCUT2D eigenvalue weighted by Crippen LogP contribution is 2.57. The molecule has 0 radical (unpaired) electrons. The minimum Gasteiger partial charge on any atom is -0.390 e. The van der Waals surface area contributed by atoms with Crippen LogP contribution in [0.15, 0.2) is 18.2 Å². The van der Waals surface area contributed by atoms with Crippen molar-refractivity contribution in [2.75, 3.05) is 11.9 Å². The van der Waals surface area contributed by atoms with Gasteiger partial charge in [0.25, 0.3) is 0 Å². The van der Waals surface area contributed by atoms with Crippen molar-refractivity contribution < 1.29 is 9.90 Å². The van der Waals surface area contributed by atoms with Gasteiger partial charge in [-0.15, -0.1) is 0 Å². The quantitative estimate of drug-likeness (QED) is 0.782. The van der Waals surface area contributed by atoms with Gasteiger partial charge in [-0.05, 0) is 81.0 Å². The standard InChI is InChI=1S/C19H25ClN2O2/c1-12-4-15(2-3-16(12)20)22-17(23)10-21-18-6-13-5-14(7-18)9-19(24,8-13)11-18/h2-4,13-14,21,24H,5-11H2,1H3,(H,22,23). The SMILES string of the molecule is Cc1cc(NC(=O)CNC23CC4CC(CC(O)(C4)C2)C3)ccc1Cl. The Labute approximate surface area is 148 Å². The normalized spacial score (nSPS) is 36.8. The molecular weight excluding hydrogens is 324 g/mol. The van der Waals surface area contributed by atoms with E-state index in [1.54, 1.807) is 6.07 Å². The minimum absolute atomic E-state index is 0.0422. The lowest BCUT2D eigenvalue weighted by Gasteiger charge is -2.60. The molecule has 1 aromatic carbocycles. The maximum absolute atomic E-state index is 12.3. The molecule has 1 aromatic rings. The van der Waals surface area contributed by atoms with Crippen molar-refractivity contribution in [2.45, 2.75) is 56.6 Å². The van der Waals surface area contributed by atoms with E-state index in [9.17, 15) is 9.90 Å². The molecule has 24 heavy (non-hydrogen) atoms. The van der Waals surface area contributed by atoms with Crippen LogP contribution in [-0.2, 0) is 4.79 Å². The molecule has 4 fully saturated rings. The van der Waals surface area contributed by atoms with E-state index in [1.165, 1.54) is 6.42 Å². The fourth-order valence-electron chi connectivity index (χ4n) is 5.62. The van der Waals surface area contributed by atoms with Crippen LogP contribution in [0, 0.1) is 18.8 Å². The van der Waals surface area contributed by atoms with Crippen LogP contribution in [0.2, 0.25) is 5.02 Å². The number of carbonyl (C=O) groups is 1. The van der Waals surface area contributed by atoms with E-state index in [4.69, 9.17) is 11.6 Å². The molecule has 0 saturated heterocycles. The van der Waals surface area contributed by atoms with Gasteiger partial charge in [0.05, 0.1) is 12.1 Å². The molecule has 130 valence electrons. The van der Waals surface area contributed by atoms with Crippen LogP contribution >= 0.6 is 11.6 Å². The average Bonchev–Trinajstić information content (AvgIpc) is 2.47. The molecule has 4 nitrogen and oxygen atoms in total. The maximum Gasteiger partial charge on any atom is 0.238 e. The van der Waals surface area contributed by atoms with Crippen molar-refractivity contribution in [3.05, 3.63) is 28.8 Å². The van der Waals surface area contributed by atoms with Crippen molar-refractivity contribution in [1.29, 1.82) is 0 Å². The highest BCUT2D eigenvalue weighted by atomic mass is 35.5. The molecule has 1 amide bonds. The first-order valence-corrected chi connectivity index (χ1v) is 9.26. The van der Waals surface area contributed by atoms with Gasteiger partial charge in [0.15, 0.2) is 0 Å². The zero-order valence-corrected chi connectivity index (χ0v) is 14.8. The lowest BCUT2D eigenvalue weighted by molar-refractivity contribution is -0.144. The van der Waals surface area contributed by atoms with Gasteiger partial charge in [-0.25, -0.2) is 0 Å². The van der Waals surface area contributed by atoms with Gasteiger partial charge in [0.2, 0.25) is 5.91 Å². The molecule has 0 aliphatic heterocycles. The molecule has 2 unspecified atom stereocenters. The highest BCUT2D eigenvalue weighted by Gasteiger charge is 2.56. The summed E-state index contributed by atoms with van der Waals surface area (Å²) >= 11 is 6.02. The van der Waals surface area contributed by atoms with Gasteiger partial charge < -0.3 is 15.7 Å². The summed E-state index contributed by atoms with van der Waals surface area (Å²) < 4.78 is 0. The van der Waals surface area contributed by atoms with Gasteiger partial charge in [0, 0.05) is 16.2 Å². The topological polar surface area (TPSA) is 61.4 Å². The predicted octanol–water partition coefficient (Wildman–Crippen LogP) is 3.26. The van der Waals surface area contributed by atoms with Gasteiger partial charge in [0.1, 0.15) is 0 Å².